The number of carbonyl (C=O) groups is 1. The lowest BCUT2D eigenvalue weighted by atomic mass is 10.1. The van der Waals surface area contributed by atoms with Crippen LogP contribution in [0.4, 0.5) is 11.5 Å². The number of likely N-dealkylation sites (tertiary alicyclic amines) is 1. The largest absolute Gasteiger partial charge is 0.495 e. The van der Waals surface area contributed by atoms with Crippen LogP contribution in [-0.4, -0.2) is 40.6 Å². The average molecular weight is 449 g/mol. The summed E-state index contributed by atoms with van der Waals surface area (Å²) in [5.74, 6) is 1.37. The summed E-state index contributed by atoms with van der Waals surface area (Å²) in [4.78, 5) is 19.7. The van der Waals surface area contributed by atoms with E-state index < -0.39 is 0 Å². The molecule has 1 aliphatic rings. The third kappa shape index (κ3) is 4.07. The van der Waals surface area contributed by atoms with Gasteiger partial charge in [-0.1, -0.05) is 11.6 Å². The molecule has 0 saturated carbocycles. The molecule has 0 unspecified atom stereocenters. The van der Waals surface area contributed by atoms with E-state index >= 15 is 0 Å². The van der Waals surface area contributed by atoms with Crippen molar-refractivity contribution in [3.05, 3.63) is 46.7 Å². The molecule has 2 aromatic heterocycles. The van der Waals surface area contributed by atoms with Crippen molar-refractivity contribution in [2.24, 2.45) is 7.05 Å². The number of rotatable bonds is 4. The van der Waals surface area contributed by atoms with Crippen molar-refractivity contribution in [1.82, 2.24) is 14.5 Å². The van der Waals surface area contributed by atoms with E-state index in [1.54, 1.807) is 19.4 Å². The van der Waals surface area contributed by atoms with Crippen LogP contribution in [0, 0.1) is 6.92 Å². The number of methoxy groups -OCH3 is 1. The van der Waals surface area contributed by atoms with Crippen LogP contribution in [0.15, 0.2) is 30.6 Å². The van der Waals surface area contributed by atoms with E-state index in [2.05, 4.69) is 10.3 Å². The topological polar surface area (TPSA) is 59.4 Å². The Morgan fingerprint density at radius 2 is 1.97 bits per heavy atom. The fraction of sp³-hybridized carbons (Fsp3) is 0.364. The molecular formula is C22H26Cl2N4O2. The number of anilines is 2. The van der Waals surface area contributed by atoms with Gasteiger partial charge in [-0.05, 0) is 43.9 Å². The standard InChI is InChI=1S/C22H25ClN4O2.ClH/c1-14-11-18(19(29-3)12-17(14)23)25-21-15-7-10-26(2)20(15)16(13-24-21)22(28)27-8-5-4-6-9-27;/h7,10-13H,4-6,8-9H2,1-3H3,(H,24,25);1H. The minimum absolute atomic E-state index is 0. The molecule has 3 heterocycles. The summed E-state index contributed by atoms with van der Waals surface area (Å²) in [5, 5.41) is 4.90. The Bertz CT molecular complexity index is 1070. The van der Waals surface area contributed by atoms with Gasteiger partial charge in [0.2, 0.25) is 0 Å². The number of halogens is 2. The molecule has 30 heavy (non-hydrogen) atoms. The van der Waals surface area contributed by atoms with Crippen LogP contribution in [0.3, 0.4) is 0 Å². The highest BCUT2D eigenvalue weighted by Crippen LogP contribution is 2.35. The van der Waals surface area contributed by atoms with Crippen molar-refractivity contribution in [3.8, 4) is 5.75 Å². The van der Waals surface area contributed by atoms with Crippen molar-refractivity contribution in [1.29, 1.82) is 0 Å². The molecule has 0 aliphatic carbocycles. The fourth-order valence-electron chi connectivity index (χ4n) is 3.90. The molecule has 1 fully saturated rings. The quantitative estimate of drug-likeness (QED) is 0.585. The molecule has 1 aliphatic heterocycles. The number of aromatic nitrogens is 2. The summed E-state index contributed by atoms with van der Waals surface area (Å²) in [6, 6.07) is 5.70. The van der Waals surface area contributed by atoms with E-state index in [0.717, 1.165) is 48.1 Å². The van der Waals surface area contributed by atoms with E-state index in [1.165, 1.54) is 6.42 Å². The van der Waals surface area contributed by atoms with E-state index in [4.69, 9.17) is 16.3 Å². The lowest BCUT2D eigenvalue weighted by Crippen LogP contribution is -2.35. The second-order valence-corrected chi connectivity index (χ2v) is 7.90. The lowest BCUT2D eigenvalue weighted by molar-refractivity contribution is 0.0725. The number of nitrogens with one attached hydrogen (secondary N) is 1. The molecule has 1 aromatic carbocycles. The van der Waals surface area contributed by atoms with Gasteiger partial charge in [-0.3, -0.25) is 4.79 Å². The first-order valence-electron chi connectivity index (χ1n) is 9.84. The number of piperidine rings is 1. The first-order chi connectivity index (χ1) is 14.0. The van der Waals surface area contributed by atoms with Crippen LogP contribution < -0.4 is 10.1 Å². The van der Waals surface area contributed by atoms with Gasteiger partial charge in [-0.2, -0.15) is 0 Å². The lowest BCUT2D eigenvalue weighted by Gasteiger charge is -2.27. The Hall–Kier alpha value is -2.44. The predicted octanol–water partition coefficient (Wildman–Crippen LogP) is 5.34. The summed E-state index contributed by atoms with van der Waals surface area (Å²) in [6.07, 6.45) is 6.94. The molecule has 1 amide bonds. The second kappa shape index (κ2) is 9.14. The number of ether oxygens (including phenoxy) is 1. The maximum absolute atomic E-state index is 13.1. The summed E-state index contributed by atoms with van der Waals surface area (Å²) in [6.45, 7) is 3.57. The van der Waals surface area contributed by atoms with Gasteiger partial charge < -0.3 is 19.5 Å². The zero-order chi connectivity index (χ0) is 20.5. The minimum Gasteiger partial charge on any atom is -0.495 e. The SMILES string of the molecule is COc1cc(Cl)c(C)cc1Nc1ncc(C(=O)N2CCCCC2)c2c1ccn2C.Cl. The molecule has 4 rings (SSSR count). The van der Waals surface area contributed by atoms with Gasteiger partial charge in [-0.15, -0.1) is 12.4 Å². The normalized spacial score (nSPS) is 13.8. The monoisotopic (exact) mass is 448 g/mol. The number of pyridine rings is 1. The first kappa shape index (κ1) is 22.2. The van der Waals surface area contributed by atoms with Crippen molar-refractivity contribution < 1.29 is 9.53 Å². The Morgan fingerprint density at radius 3 is 2.67 bits per heavy atom. The molecule has 8 heteroatoms. The van der Waals surface area contributed by atoms with Gasteiger partial charge in [0.1, 0.15) is 11.6 Å². The van der Waals surface area contributed by atoms with Gasteiger partial charge in [-0.25, -0.2) is 4.98 Å². The van der Waals surface area contributed by atoms with Crippen LogP contribution in [0.5, 0.6) is 5.75 Å². The summed E-state index contributed by atoms with van der Waals surface area (Å²) in [7, 11) is 3.56. The third-order valence-corrected chi connectivity index (χ3v) is 5.92. The highest BCUT2D eigenvalue weighted by atomic mass is 35.5. The van der Waals surface area contributed by atoms with Gasteiger partial charge in [0.25, 0.3) is 5.91 Å². The second-order valence-electron chi connectivity index (χ2n) is 7.49. The van der Waals surface area contributed by atoms with Gasteiger partial charge in [0, 0.05) is 49.0 Å². The molecule has 0 radical (unpaired) electrons. The Morgan fingerprint density at radius 1 is 1.23 bits per heavy atom. The molecule has 1 N–H and O–H groups in total. The first-order valence-corrected chi connectivity index (χ1v) is 10.2. The van der Waals surface area contributed by atoms with Crippen molar-refractivity contribution in [2.75, 3.05) is 25.5 Å². The van der Waals surface area contributed by atoms with Crippen LogP contribution in [0.1, 0.15) is 35.2 Å². The average Bonchev–Trinajstić information content (AvgIpc) is 3.13. The van der Waals surface area contributed by atoms with Gasteiger partial charge in [0.15, 0.2) is 0 Å². The van der Waals surface area contributed by atoms with E-state index in [1.807, 2.05) is 41.8 Å². The number of amides is 1. The number of fused-ring (bicyclic) bond motifs is 1. The third-order valence-electron chi connectivity index (χ3n) is 5.51. The molecule has 3 aromatic rings. The molecule has 0 bridgehead atoms. The molecule has 0 atom stereocenters. The van der Waals surface area contributed by atoms with Crippen molar-refractivity contribution in [2.45, 2.75) is 26.2 Å². The molecule has 1 saturated heterocycles. The minimum atomic E-state index is 0. The predicted molar refractivity (Wildman–Crippen MR) is 124 cm³/mol. The van der Waals surface area contributed by atoms with E-state index in [0.29, 0.717) is 22.2 Å². The summed E-state index contributed by atoms with van der Waals surface area (Å²) >= 11 is 6.23. The smallest absolute Gasteiger partial charge is 0.257 e. The maximum atomic E-state index is 13.1. The number of carbonyl (C=O) groups excluding carboxylic acids is 1. The molecule has 160 valence electrons. The molecular weight excluding hydrogens is 423 g/mol. The summed E-state index contributed by atoms with van der Waals surface area (Å²) < 4.78 is 7.45. The number of hydrogen-bond donors (Lipinski definition) is 1. The number of nitrogens with zero attached hydrogens (tertiary/aromatic N) is 3. The highest BCUT2D eigenvalue weighted by molar-refractivity contribution is 6.31. The van der Waals surface area contributed by atoms with Crippen molar-refractivity contribution in [3.63, 3.8) is 0 Å². The Balaban J connectivity index is 0.00000256. The van der Waals surface area contributed by atoms with Gasteiger partial charge >= 0.3 is 0 Å². The number of aryl methyl sites for hydroxylation is 2. The zero-order valence-corrected chi connectivity index (χ0v) is 18.9. The van der Waals surface area contributed by atoms with Crippen LogP contribution in [0.2, 0.25) is 5.02 Å². The highest BCUT2D eigenvalue weighted by Gasteiger charge is 2.23. The van der Waals surface area contributed by atoms with Crippen LogP contribution in [0.25, 0.3) is 10.9 Å². The fourth-order valence-corrected chi connectivity index (χ4v) is 4.05. The van der Waals surface area contributed by atoms with Gasteiger partial charge in [0.05, 0.1) is 23.9 Å². The van der Waals surface area contributed by atoms with Crippen LogP contribution >= 0.6 is 24.0 Å². The molecule has 6 nitrogen and oxygen atoms in total. The Kier molecular flexibility index (Phi) is 6.78. The van der Waals surface area contributed by atoms with E-state index in [9.17, 15) is 4.79 Å². The zero-order valence-electron chi connectivity index (χ0n) is 17.4. The van der Waals surface area contributed by atoms with E-state index in [-0.39, 0.29) is 18.3 Å². The number of hydrogen-bond acceptors (Lipinski definition) is 4. The Labute approximate surface area is 187 Å². The van der Waals surface area contributed by atoms with Crippen molar-refractivity contribution >= 4 is 52.3 Å². The number of benzene rings is 1. The van der Waals surface area contributed by atoms with Crippen LogP contribution in [-0.2, 0) is 7.05 Å². The maximum Gasteiger partial charge on any atom is 0.257 e. The molecule has 0 spiro atoms. The summed E-state index contributed by atoms with van der Waals surface area (Å²) in [5.41, 5.74) is 3.24.